The quantitative estimate of drug-likeness (QED) is 0.361. The zero-order valence-electron chi connectivity index (χ0n) is 17.0. The van der Waals surface area contributed by atoms with Crippen molar-refractivity contribution >= 4 is 46.3 Å². The first-order valence-corrected chi connectivity index (χ1v) is 10.2. The standard InChI is InChI=1S/C20H29N5OS.HI/c1-14-12-22-17(15(2)19(14)26-4)13-23-20(21-3)24-16-7-9-25(10-8-16)18-6-5-11-27-18;/h5-6,11-12,16H,7-10,13H2,1-4H3,(H2,21,23,24);1H. The number of aromatic nitrogens is 1. The highest BCUT2D eigenvalue weighted by molar-refractivity contribution is 14.0. The molecule has 2 aromatic rings. The summed E-state index contributed by atoms with van der Waals surface area (Å²) in [6.45, 7) is 6.83. The number of anilines is 1. The van der Waals surface area contributed by atoms with Gasteiger partial charge in [-0.2, -0.15) is 0 Å². The van der Waals surface area contributed by atoms with Crippen LogP contribution in [-0.2, 0) is 6.54 Å². The minimum atomic E-state index is 0. The van der Waals surface area contributed by atoms with Crippen molar-refractivity contribution in [2.45, 2.75) is 39.3 Å². The fourth-order valence-electron chi connectivity index (χ4n) is 3.50. The molecule has 1 saturated heterocycles. The van der Waals surface area contributed by atoms with Crippen molar-refractivity contribution in [2.75, 3.05) is 32.1 Å². The Bertz CT molecular complexity index is 773. The van der Waals surface area contributed by atoms with Gasteiger partial charge < -0.3 is 20.3 Å². The van der Waals surface area contributed by atoms with E-state index in [0.29, 0.717) is 12.6 Å². The second-order valence-corrected chi connectivity index (χ2v) is 7.76. The van der Waals surface area contributed by atoms with Crippen molar-refractivity contribution in [1.29, 1.82) is 0 Å². The maximum atomic E-state index is 5.49. The van der Waals surface area contributed by atoms with Crippen LogP contribution in [0.4, 0.5) is 5.00 Å². The van der Waals surface area contributed by atoms with Crippen LogP contribution in [0.25, 0.3) is 0 Å². The number of hydrogen-bond donors (Lipinski definition) is 2. The first kappa shape index (κ1) is 22.7. The fraction of sp³-hybridized carbons (Fsp3) is 0.500. The highest BCUT2D eigenvalue weighted by atomic mass is 127. The average molecular weight is 515 g/mol. The Morgan fingerprint density at radius 1 is 1.36 bits per heavy atom. The number of hydrogen-bond acceptors (Lipinski definition) is 5. The monoisotopic (exact) mass is 515 g/mol. The van der Waals surface area contributed by atoms with Gasteiger partial charge in [-0.1, -0.05) is 0 Å². The normalized spacial score (nSPS) is 15.1. The van der Waals surface area contributed by atoms with Crippen LogP contribution in [0.15, 0.2) is 28.7 Å². The maximum absolute atomic E-state index is 5.49. The summed E-state index contributed by atoms with van der Waals surface area (Å²) in [7, 11) is 3.52. The van der Waals surface area contributed by atoms with E-state index in [2.05, 4.69) is 43.0 Å². The van der Waals surface area contributed by atoms with Crippen molar-refractivity contribution in [3.05, 3.63) is 40.5 Å². The lowest BCUT2D eigenvalue weighted by Crippen LogP contribution is -2.48. The number of piperidine rings is 1. The zero-order valence-corrected chi connectivity index (χ0v) is 20.1. The van der Waals surface area contributed by atoms with Crippen LogP contribution in [0, 0.1) is 13.8 Å². The second-order valence-electron chi connectivity index (χ2n) is 6.83. The summed E-state index contributed by atoms with van der Waals surface area (Å²) in [5.41, 5.74) is 3.11. The second kappa shape index (κ2) is 10.8. The van der Waals surface area contributed by atoms with Crippen LogP contribution in [0.2, 0.25) is 0 Å². The van der Waals surface area contributed by atoms with E-state index in [0.717, 1.165) is 54.5 Å². The number of guanidine groups is 1. The molecule has 0 radical (unpaired) electrons. The van der Waals surface area contributed by atoms with Crippen molar-refractivity contribution in [2.24, 2.45) is 4.99 Å². The topological polar surface area (TPSA) is 61.8 Å². The molecule has 1 aliphatic heterocycles. The fourth-order valence-corrected chi connectivity index (χ4v) is 4.28. The third-order valence-electron chi connectivity index (χ3n) is 5.05. The lowest BCUT2D eigenvalue weighted by molar-refractivity contribution is 0.406. The van der Waals surface area contributed by atoms with Crippen molar-refractivity contribution in [3.63, 3.8) is 0 Å². The third-order valence-corrected chi connectivity index (χ3v) is 5.98. The maximum Gasteiger partial charge on any atom is 0.191 e. The number of methoxy groups -OCH3 is 1. The van der Waals surface area contributed by atoms with E-state index in [-0.39, 0.29) is 24.0 Å². The van der Waals surface area contributed by atoms with Gasteiger partial charge in [0.2, 0.25) is 0 Å². The molecule has 1 fully saturated rings. The number of halogens is 1. The molecular formula is C20H30IN5OS. The van der Waals surface area contributed by atoms with Gasteiger partial charge in [-0.25, -0.2) is 0 Å². The van der Waals surface area contributed by atoms with Gasteiger partial charge >= 0.3 is 0 Å². The number of ether oxygens (including phenoxy) is 1. The van der Waals surface area contributed by atoms with Crippen LogP contribution in [0.5, 0.6) is 5.75 Å². The Kier molecular flexibility index (Phi) is 8.81. The molecule has 0 atom stereocenters. The molecule has 0 aromatic carbocycles. The molecule has 28 heavy (non-hydrogen) atoms. The zero-order chi connectivity index (χ0) is 19.2. The molecule has 1 aliphatic rings. The van der Waals surface area contributed by atoms with Crippen molar-refractivity contribution < 1.29 is 4.74 Å². The van der Waals surface area contributed by atoms with Gasteiger partial charge in [-0.05, 0) is 44.2 Å². The smallest absolute Gasteiger partial charge is 0.191 e. The van der Waals surface area contributed by atoms with E-state index >= 15 is 0 Å². The summed E-state index contributed by atoms with van der Waals surface area (Å²) in [5.74, 6) is 1.73. The lowest BCUT2D eigenvalue weighted by atomic mass is 10.1. The van der Waals surface area contributed by atoms with Crippen LogP contribution in [-0.4, -0.2) is 44.2 Å². The van der Waals surface area contributed by atoms with Gasteiger partial charge in [0.1, 0.15) is 5.75 Å². The molecule has 0 bridgehead atoms. The molecule has 0 aliphatic carbocycles. The number of aliphatic imine (C=N–C) groups is 1. The van der Waals surface area contributed by atoms with E-state index in [1.54, 1.807) is 7.11 Å². The highest BCUT2D eigenvalue weighted by Gasteiger charge is 2.20. The van der Waals surface area contributed by atoms with Gasteiger partial charge in [0, 0.05) is 43.5 Å². The summed E-state index contributed by atoms with van der Waals surface area (Å²) in [4.78, 5) is 11.4. The lowest BCUT2D eigenvalue weighted by Gasteiger charge is -2.33. The predicted molar refractivity (Wildman–Crippen MR) is 129 cm³/mol. The Morgan fingerprint density at radius 2 is 2.11 bits per heavy atom. The summed E-state index contributed by atoms with van der Waals surface area (Å²) in [6, 6.07) is 4.75. The van der Waals surface area contributed by atoms with Gasteiger partial charge in [0.25, 0.3) is 0 Å². The number of nitrogens with one attached hydrogen (secondary N) is 2. The molecular weight excluding hydrogens is 485 g/mol. The van der Waals surface area contributed by atoms with Crippen LogP contribution < -0.4 is 20.3 Å². The number of thiophene rings is 1. The Morgan fingerprint density at radius 3 is 2.71 bits per heavy atom. The molecule has 0 spiro atoms. The van der Waals surface area contributed by atoms with E-state index in [1.807, 2.05) is 38.4 Å². The Labute approximate surface area is 188 Å². The average Bonchev–Trinajstić information content (AvgIpc) is 3.22. The van der Waals surface area contributed by atoms with Gasteiger partial charge in [-0.15, -0.1) is 35.3 Å². The molecule has 0 unspecified atom stereocenters. The largest absolute Gasteiger partial charge is 0.496 e. The van der Waals surface area contributed by atoms with Gasteiger partial charge in [0.15, 0.2) is 5.96 Å². The highest BCUT2D eigenvalue weighted by Crippen LogP contribution is 2.25. The first-order valence-electron chi connectivity index (χ1n) is 9.37. The molecule has 3 rings (SSSR count). The summed E-state index contributed by atoms with van der Waals surface area (Å²) < 4.78 is 5.49. The molecule has 2 aromatic heterocycles. The van der Waals surface area contributed by atoms with E-state index in [1.165, 1.54) is 5.00 Å². The third kappa shape index (κ3) is 5.50. The molecule has 8 heteroatoms. The Hall–Kier alpha value is -1.55. The molecule has 0 amide bonds. The van der Waals surface area contributed by atoms with Crippen LogP contribution >= 0.6 is 35.3 Å². The predicted octanol–water partition coefficient (Wildman–Crippen LogP) is 3.72. The SMILES string of the molecule is CN=C(NCc1ncc(C)c(OC)c1C)NC1CCN(c2cccs2)CC1.I. The number of rotatable bonds is 5. The Balaban J connectivity index is 0.00000280. The van der Waals surface area contributed by atoms with Crippen LogP contribution in [0.3, 0.4) is 0 Å². The minimum absolute atomic E-state index is 0. The van der Waals surface area contributed by atoms with Gasteiger partial charge in [0.05, 0.1) is 24.3 Å². The first-order chi connectivity index (χ1) is 13.1. The molecule has 6 nitrogen and oxygen atoms in total. The van der Waals surface area contributed by atoms with Crippen LogP contribution in [0.1, 0.15) is 29.7 Å². The van der Waals surface area contributed by atoms with E-state index in [4.69, 9.17) is 4.74 Å². The number of pyridine rings is 1. The van der Waals surface area contributed by atoms with E-state index < -0.39 is 0 Å². The van der Waals surface area contributed by atoms with E-state index in [9.17, 15) is 0 Å². The summed E-state index contributed by atoms with van der Waals surface area (Å²) in [5, 5.41) is 10.5. The molecule has 0 saturated carbocycles. The molecule has 2 N–H and O–H groups in total. The van der Waals surface area contributed by atoms with Crippen molar-refractivity contribution in [1.82, 2.24) is 15.6 Å². The van der Waals surface area contributed by atoms with Gasteiger partial charge in [-0.3, -0.25) is 9.98 Å². The summed E-state index contributed by atoms with van der Waals surface area (Å²) in [6.07, 6.45) is 4.07. The number of aryl methyl sites for hydroxylation is 1. The van der Waals surface area contributed by atoms with Crippen molar-refractivity contribution in [3.8, 4) is 5.75 Å². The molecule has 154 valence electrons. The minimum Gasteiger partial charge on any atom is -0.496 e. The number of nitrogens with zero attached hydrogens (tertiary/aromatic N) is 3. The summed E-state index contributed by atoms with van der Waals surface area (Å²) >= 11 is 1.81. The molecule has 3 heterocycles.